The maximum atomic E-state index is 12.2. The molecule has 5 aromatic rings. The van der Waals surface area contributed by atoms with Crippen LogP contribution in [0.15, 0.2) is 83.1 Å². The number of hydrogen-bond donors (Lipinski definition) is 1. The number of hydrogen-bond acceptors (Lipinski definition) is 5. The molecule has 3 aromatic heterocycles. The van der Waals surface area contributed by atoms with E-state index in [-0.39, 0.29) is 47.9 Å². The number of aromatic nitrogens is 2. The average Bonchev–Trinajstić information content (AvgIpc) is 3.51. The third-order valence-corrected chi connectivity index (χ3v) is 10.6. The van der Waals surface area contributed by atoms with E-state index < -0.39 is 0 Å². The molecule has 0 aliphatic carbocycles. The van der Waals surface area contributed by atoms with E-state index in [2.05, 4.69) is 88.1 Å². The number of ketones is 1. The van der Waals surface area contributed by atoms with E-state index in [1.807, 2.05) is 65.9 Å². The van der Waals surface area contributed by atoms with Crippen LogP contribution in [0.5, 0.6) is 0 Å². The van der Waals surface area contributed by atoms with Crippen molar-refractivity contribution in [1.29, 1.82) is 0 Å². The molecular formula is C45H57IrN2O3-. The largest absolute Gasteiger partial charge is 0.512 e. The molecule has 0 aliphatic heterocycles. The summed E-state index contributed by atoms with van der Waals surface area (Å²) in [7, 11) is 0. The maximum Gasteiger partial charge on any atom is 0.164 e. The molecule has 6 heteroatoms. The SMILES string of the molecule is CC(C)Cc1cc2nc(-c3ccnc(-c4[c-]c5ccccc5c(C(C)(C)C)c4)c3)ccc2o1.CCC(C)(CC)C(=O)/C=C(\O)C(C)(CC)CC.[Ir]. The molecule has 0 amide bonds. The Morgan fingerprint density at radius 3 is 2.12 bits per heavy atom. The van der Waals surface area contributed by atoms with E-state index in [9.17, 15) is 9.90 Å². The Morgan fingerprint density at radius 1 is 0.863 bits per heavy atom. The van der Waals surface area contributed by atoms with Gasteiger partial charge in [0.1, 0.15) is 17.0 Å². The van der Waals surface area contributed by atoms with Crippen molar-refractivity contribution in [3.8, 4) is 22.5 Å². The number of furan rings is 1. The summed E-state index contributed by atoms with van der Waals surface area (Å²) in [4.78, 5) is 21.7. The van der Waals surface area contributed by atoms with Gasteiger partial charge in [0.2, 0.25) is 0 Å². The third-order valence-electron chi connectivity index (χ3n) is 10.6. The van der Waals surface area contributed by atoms with Crippen molar-refractivity contribution in [2.24, 2.45) is 16.7 Å². The molecule has 0 aliphatic rings. The van der Waals surface area contributed by atoms with Gasteiger partial charge in [0.15, 0.2) is 11.4 Å². The van der Waals surface area contributed by atoms with Gasteiger partial charge < -0.3 is 9.52 Å². The first-order chi connectivity index (χ1) is 23.6. The maximum absolute atomic E-state index is 12.2. The molecule has 275 valence electrons. The molecule has 0 fully saturated rings. The van der Waals surface area contributed by atoms with Crippen LogP contribution >= 0.6 is 0 Å². The summed E-state index contributed by atoms with van der Waals surface area (Å²) in [5.74, 6) is 1.82. The number of aliphatic hydroxyl groups is 1. The van der Waals surface area contributed by atoms with Gasteiger partial charge in [-0.2, -0.15) is 0 Å². The molecule has 0 bridgehead atoms. The van der Waals surface area contributed by atoms with Crippen molar-refractivity contribution in [1.82, 2.24) is 9.97 Å². The smallest absolute Gasteiger partial charge is 0.164 e. The summed E-state index contributed by atoms with van der Waals surface area (Å²) < 4.78 is 5.97. The number of carbonyl (C=O) groups is 1. The van der Waals surface area contributed by atoms with Crippen molar-refractivity contribution >= 4 is 27.7 Å². The predicted octanol–water partition coefficient (Wildman–Crippen LogP) is 12.7. The normalized spacial score (nSPS) is 12.5. The molecule has 1 radical (unpaired) electrons. The van der Waals surface area contributed by atoms with Crippen molar-refractivity contribution < 1.29 is 34.4 Å². The molecular weight excluding hydrogens is 809 g/mol. The van der Waals surface area contributed by atoms with Crippen LogP contribution in [0.4, 0.5) is 0 Å². The Morgan fingerprint density at radius 2 is 1.51 bits per heavy atom. The first-order valence-corrected chi connectivity index (χ1v) is 18.3. The Balaban J connectivity index is 0.000000335. The van der Waals surface area contributed by atoms with Crippen LogP contribution in [-0.4, -0.2) is 20.9 Å². The number of aliphatic hydroxyl groups excluding tert-OH is 1. The topological polar surface area (TPSA) is 76.2 Å². The average molecular weight is 866 g/mol. The summed E-state index contributed by atoms with van der Waals surface area (Å²) in [5, 5.41) is 12.5. The van der Waals surface area contributed by atoms with Gasteiger partial charge in [-0.15, -0.1) is 29.1 Å². The van der Waals surface area contributed by atoms with Gasteiger partial charge in [0.05, 0.1) is 5.69 Å². The van der Waals surface area contributed by atoms with Crippen LogP contribution in [0.2, 0.25) is 0 Å². The minimum Gasteiger partial charge on any atom is -0.512 e. The Labute approximate surface area is 319 Å². The molecule has 0 spiro atoms. The molecule has 2 aromatic carbocycles. The van der Waals surface area contributed by atoms with E-state index in [0.29, 0.717) is 5.92 Å². The summed E-state index contributed by atoms with van der Waals surface area (Å²) in [6, 6.07) is 24.5. The predicted molar refractivity (Wildman–Crippen MR) is 209 cm³/mol. The molecule has 0 saturated heterocycles. The molecule has 0 saturated carbocycles. The standard InChI is InChI=1S/C30H29N2O.C15H28O2.Ir/c1-19(2)14-23-18-28-29(33-23)11-10-26(32-28)21-12-13-31-27(17-21)22-15-20-8-6-7-9-24(20)25(16-22)30(3,4)5;1-7-14(5,8-2)12(16)11-13(17)15(6,9-3)10-4;/h6-13,16-19H,14H2,1-5H3;11,16H,7-10H2,1-6H3;/q-1;;/b;12-11-;. The van der Waals surface area contributed by atoms with Crippen LogP contribution < -0.4 is 0 Å². The second-order valence-corrected chi connectivity index (χ2v) is 15.6. The number of allylic oxidation sites excluding steroid dienone is 2. The van der Waals surface area contributed by atoms with Gasteiger partial charge in [-0.1, -0.05) is 111 Å². The summed E-state index contributed by atoms with van der Waals surface area (Å²) in [5.41, 5.74) is 6.30. The number of rotatable bonds is 11. The second kappa shape index (κ2) is 17.3. The first-order valence-electron chi connectivity index (χ1n) is 18.3. The number of nitrogens with zero attached hydrogens (tertiary/aromatic N) is 2. The Bertz CT molecular complexity index is 1960. The minimum atomic E-state index is -0.337. The van der Waals surface area contributed by atoms with Crippen molar-refractivity contribution in [2.45, 2.75) is 114 Å². The quantitative estimate of drug-likeness (QED) is 0.0813. The molecule has 5 rings (SSSR count). The Kier molecular flexibility index (Phi) is 14.2. The molecule has 5 nitrogen and oxygen atoms in total. The van der Waals surface area contributed by atoms with Crippen molar-refractivity contribution in [3.05, 3.63) is 96.1 Å². The van der Waals surface area contributed by atoms with E-state index in [0.717, 1.165) is 76.9 Å². The number of carbonyl (C=O) groups excluding carboxylic acids is 1. The monoisotopic (exact) mass is 866 g/mol. The zero-order valence-corrected chi connectivity index (χ0v) is 34.9. The fourth-order valence-electron chi connectivity index (χ4n) is 6.05. The number of benzene rings is 2. The minimum absolute atomic E-state index is 0. The molecule has 1 N–H and O–H groups in total. The van der Waals surface area contributed by atoms with E-state index >= 15 is 0 Å². The Hall–Kier alpha value is -3.60. The second-order valence-electron chi connectivity index (χ2n) is 15.6. The summed E-state index contributed by atoms with van der Waals surface area (Å²) in [6.45, 7) is 23.2. The third kappa shape index (κ3) is 9.84. The van der Waals surface area contributed by atoms with Crippen LogP contribution in [0, 0.1) is 22.8 Å². The van der Waals surface area contributed by atoms with Crippen LogP contribution in [-0.2, 0) is 36.7 Å². The zero-order chi connectivity index (χ0) is 36.9. The van der Waals surface area contributed by atoms with Gasteiger partial charge >= 0.3 is 0 Å². The number of fused-ring (bicyclic) bond motifs is 2. The molecule has 0 atom stereocenters. The number of pyridine rings is 2. The zero-order valence-electron chi connectivity index (χ0n) is 32.5. The van der Waals surface area contributed by atoms with Gasteiger partial charge in [-0.25, -0.2) is 4.98 Å². The van der Waals surface area contributed by atoms with Gasteiger partial charge in [-0.3, -0.25) is 9.78 Å². The van der Waals surface area contributed by atoms with Crippen molar-refractivity contribution in [2.75, 3.05) is 0 Å². The summed E-state index contributed by atoms with van der Waals surface area (Å²) in [6.07, 6.45) is 7.53. The van der Waals surface area contributed by atoms with E-state index in [4.69, 9.17) is 9.40 Å². The molecule has 0 unspecified atom stereocenters. The molecule has 51 heavy (non-hydrogen) atoms. The van der Waals surface area contributed by atoms with E-state index in [1.165, 1.54) is 17.0 Å². The van der Waals surface area contributed by atoms with Crippen LogP contribution in [0.1, 0.15) is 113 Å². The fourth-order valence-corrected chi connectivity index (χ4v) is 6.05. The van der Waals surface area contributed by atoms with E-state index in [1.54, 1.807) is 0 Å². The van der Waals surface area contributed by atoms with Gasteiger partial charge in [0.25, 0.3) is 0 Å². The molecule has 3 heterocycles. The van der Waals surface area contributed by atoms with Crippen LogP contribution in [0.3, 0.4) is 0 Å². The first kappa shape index (κ1) is 41.8. The fraction of sp³-hybridized carbons (Fsp3) is 0.444. The summed E-state index contributed by atoms with van der Waals surface area (Å²) >= 11 is 0. The van der Waals surface area contributed by atoms with Gasteiger partial charge in [0, 0.05) is 61.4 Å². The van der Waals surface area contributed by atoms with Gasteiger partial charge in [-0.05, 0) is 60.8 Å². The van der Waals surface area contributed by atoms with Crippen LogP contribution in [0.25, 0.3) is 44.4 Å². The van der Waals surface area contributed by atoms with Crippen molar-refractivity contribution in [3.63, 3.8) is 0 Å².